The number of carbonyl (C=O) groups excluding carboxylic acids is 1. The molecular formula is C28H19ClN2O7. The van der Waals surface area contributed by atoms with Crippen LogP contribution in [0.4, 0.5) is 10.5 Å². The maximum absolute atomic E-state index is 12.8. The molecule has 0 aliphatic heterocycles. The van der Waals surface area contributed by atoms with Crippen molar-refractivity contribution in [3.05, 3.63) is 82.7 Å². The van der Waals surface area contributed by atoms with Gasteiger partial charge in [0.25, 0.3) is 5.78 Å². The number of anilines is 1. The van der Waals surface area contributed by atoms with Crippen LogP contribution in [0.3, 0.4) is 0 Å². The molecule has 1 atom stereocenters. The lowest BCUT2D eigenvalue weighted by molar-refractivity contribution is -0.140. The molecule has 1 aliphatic carbocycles. The maximum Gasteiger partial charge on any atom is 0.412 e. The molecule has 1 amide bonds. The number of fused-ring (bicyclic) bond motifs is 2. The molecule has 9 nitrogen and oxygen atoms in total. The van der Waals surface area contributed by atoms with Crippen LogP contribution in [0.1, 0.15) is 48.7 Å². The number of carboxylic acids is 1. The number of ether oxygens (including phenoxy) is 1. The minimum Gasteiger partial charge on any atom is -0.480 e. The predicted molar refractivity (Wildman–Crippen MR) is 137 cm³/mol. The van der Waals surface area contributed by atoms with Crippen LogP contribution in [0.25, 0.3) is 22.1 Å². The molecule has 0 radical (unpaired) electrons. The van der Waals surface area contributed by atoms with E-state index in [1.165, 1.54) is 6.20 Å². The Kier molecular flexibility index (Phi) is 5.62. The van der Waals surface area contributed by atoms with E-state index in [9.17, 15) is 14.7 Å². The molecule has 0 saturated heterocycles. The lowest BCUT2D eigenvalue weighted by Crippen LogP contribution is -2.18. The van der Waals surface area contributed by atoms with Gasteiger partial charge in [-0.2, -0.15) is 0 Å². The van der Waals surface area contributed by atoms with Crippen LogP contribution in [-0.4, -0.2) is 22.2 Å². The molecule has 1 aromatic carbocycles. The van der Waals surface area contributed by atoms with E-state index in [-0.39, 0.29) is 17.3 Å². The summed E-state index contributed by atoms with van der Waals surface area (Å²) in [5.41, 5.74) is 0.453. The Hall–Kier alpha value is -4.68. The summed E-state index contributed by atoms with van der Waals surface area (Å²) in [5.74, 6) is 5.86. The Labute approximate surface area is 220 Å². The van der Waals surface area contributed by atoms with E-state index >= 15 is 0 Å². The number of amides is 1. The maximum atomic E-state index is 12.8. The third-order valence-electron chi connectivity index (χ3n) is 6.49. The summed E-state index contributed by atoms with van der Waals surface area (Å²) in [5, 5.41) is 13.9. The Morgan fingerprint density at radius 1 is 1.16 bits per heavy atom. The lowest BCUT2D eigenvalue weighted by Gasteiger charge is -2.15. The fraction of sp³-hybridized carbons (Fsp3) is 0.179. The number of carbonyl (C=O) groups is 2. The van der Waals surface area contributed by atoms with E-state index < -0.39 is 23.6 Å². The fourth-order valence-corrected chi connectivity index (χ4v) is 4.56. The van der Waals surface area contributed by atoms with E-state index in [0.717, 1.165) is 0 Å². The average Bonchev–Trinajstić information content (AvgIpc) is 3.32. The van der Waals surface area contributed by atoms with Crippen molar-refractivity contribution in [3.8, 4) is 11.8 Å². The first-order valence-electron chi connectivity index (χ1n) is 11.7. The zero-order valence-electron chi connectivity index (χ0n) is 19.9. The van der Waals surface area contributed by atoms with Gasteiger partial charge in [-0.05, 0) is 49.8 Å². The first-order valence-corrected chi connectivity index (χ1v) is 12.1. The predicted octanol–water partition coefficient (Wildman–Crippen LogP) is 6.65. The second-order valence-electron chi connectivity index (χ2n) is 8.97. The van der Waals surface area contributed by atoms with Crippen molar-refractivity contribution in [2.75, 3.05) is 5.32 Å². The third kappa shape index (κ3) is 4.15. The number of aromatic nitrogens is 1. The molecule has 4 aromatic heterocycles. The van der Waals surface area contributed by atoms with Gasteiger partial charge in [0.15, 0.2) is 11.3 Å². The van der Waals surface area contributed by atoms with Gasteiger partial charge in [0, 0.05) is 28.2 Å². The topological polar surface area (TPSA) is 128 Å². The first-order chi connectivity index (χ1) is 18.3. The summed E-state index contributed by atoms with van der Waals surface area (Å²) >= 11 is 6.22. The Morgan fingerprint density at radius 3 is 2.71 bits per heavy atom. The number of hydrogen-bond acceptors (Lipinski definition) is 7. The molecule has 0 spiro atoms. The number of nitrogens with zero attached hydrogens (tertiary/aromatic N) is 1. The minimum absolute atomic E-state index is 0.173. The van der Waals surface area contributed by atoms with Crippen LogP contribution < -0.4 is 5.32 Å². The van der Waals surface area contributed by atoms with E-state index in [1.54, 1.807) is 49.5 Å². The largest absolute Gasteiger partial charge is 0.480 e. The monoisotopic (exact) mass is 530 g/mol. The van der Waals surface area contributed by atoms with Crippen LogP contribution in [0, 0.1) is 11.8 Å². The number of halogens is 1. The van der Waals surface area contributed by atoms with Crippen molar-refractivity contribution in [2.24, 2.45) is 0 Å². The summed E-state index contributed by atoms with van der Waals surface area (Å²) in [6.07, 6.45) is 2.83. The highest BCUT2D eigenvalue weighted by Gasteiger charge is 2.54. The van der Waals surface area contributed by atoms with Crippen LogP contribution in [0.2, 0.25) is 5.02 Å². The Bertz CT molecular complexity index is 1750. The molecule has 1 unspecified atom stereocenters. The van der Waals surface area contributed by atoms with Crippen molar-refractivity contribution in [1.29, 1.82) is 0 Å². The van der Waals surface area contributed by atoms with E-state index in [0.29, 0.717) is 51.2 Å². The van der Waals surface area contributed by atoms with Gasteiger partial charge in [-0.25, -0.2) is 4.79 Å². The van der Waals surface area contributed by atoms with Gasteiger partial charge in [0.1, 0.15) is 23.0 Å². The van der Waals surface area contributed by atoms with E-state index in [2.05, 4.69) is 22.1 Å². The third-order valence-corrected chi connectivity index (χ3v) is 6.84. The van der Waals surface area contributed by atoms with Gasteiger partial charge in [0.2, 0.25) is 5.76 Å². The number of furan rings is 3. The van der Waals surface area contributed by atoms with Crippen LogP contribution in [0.15, 0.2) is 68.1 Å². The van der Waals surface area contributed by atoms with Crippen molar-refractivity contribution in [3.63, 3.8) is 0 Å². The van der Waals surface area contributed by atoms with E-state index in [1.807, 2.05) is 6.07 Å². The standard InChI is InChI=1S/C28H19ClN2O7/c1-15(18-4-2-3-5-20(18)29)35-27(34)31-24-19-8-11-30-14-22(19)37-21(24)7-6-17-12-16-13-23(38-25(16)36-17)28(9-10-28)26(32)33/h2-5,8,11-15H,9-10H2,1H3,(H,31,34)(H,32,33). The van der Waals surface area contributed by atoms with Crippen LogP contribution in [-0.2, 0) is 14.9 Å². The molecule has 10 heteroatoms. The van der Waals surface area contributed by atoms with Crippen LogP contribution in [0.5, 0.6) is 0 Å². The molecule has 2 N–H and O–H groups in total. The Balaban J connectivity index is 1.26. The quantitative estimate of drug-likeness (QED) is 0.242. The molecule has 190 valence electrons. The zero-order valence-corrected chi connectivity index (χ0v) is 20.7. The van der Waals surface area contributed by atoms with Gasteiger partial charge in [0.05, 0.1) is 11.6 Å². The van der Waals surface area contributed by atoms with Gasteiger partial charge in [-0.3, -0.25) is 15.1 Å². The second kappa shape index (κ2) is 9.01. The highest BCUT2D eigenvalue weighted by Crippen LogP contribution is 2.50. The van der Waals surface area contributed by atoms with Crippen molar-refractivity contribution < 1.29 is 32.7 Å². The number of hydrogen-bond donors (Lipinski definition) is 2. The van der Waals surface area contributed by atoms with Crippen molar-refractivity contribution >= 4 is 51.5 Å². The highest BCUT2D eigenvalue weighted by atomic mass is 35.5. The molecule has 1 fully saturated rings. The van der Waals surface area contributed by atoms with Gasteiger partial charge < -0.3 is 23.1 Å². The Morgan fingerprint density at radius 2 is 1.97 bits per heavy atom. The number of benzene rings is 1. The molecule has 4 heterocycles. The highest BCUT2D eigenvalue weighted by molar-refractivity contribution is 6.31. The van der Waals surface area contributed by atoms with Crippen molar-refractivity contribution in [2.45, 2.75) is 31.3 Å². The van der Waals surface area contributed by atoms with Gasteiger partial charge >= 0.3 is 12.1 Å². The first kappa shape index (κ1) is 23.7. The van der Waals surface area contributed by atoms with Gasteiger partial charge in [-0.15, -0.1) is 0 Å². The number of pyridine rings is 1. The van der Waals surface area contributed by atoms with Gasteiger partial charge in [-0.1, -0.05) is 29.8 Å². The molecule has 6 rings (SSSR count). The number of rotatable bonds is 5. The SMILES string of the molecule is CC(OC(=O)Nc1c(C#Cc2cc3cc(C4(C(=O)O)CC4)oc3o2)oc2cnccc12)c1ccccc1Cl. The smallest absolute Gasteiger partial charge is 0.412 e. The summed E-state index contributed by atoms with van der Waals surface area (Å²) < 4.78 is 22.7. The number of carboxylic acid groups (broad SMARTS) is 1. The zero-order chi connectivity index (χ0) is 26.4. The molecule has 1 saturated carbocycles. The average molecular weight is 531 g/mol. The summed E-state index contributed by atoms with van der Waals surface area (Å²) in [7, 11) is 0. The summed E-state index contributed by atoms with van der Waals surface area (Å²) in [4.78, 5) is 28.4. The second-order valence-corrected chi connectivity index (χ2v) is 9.38. The summed E-state index contributed by atoms with van der Waals surface area (Å²) in [6, 6.07) is 12.1. The normalized spacial score (nSPS) is 14.6. The van der Waals surface area contributed by atoms with Crippen molar-refractivity contribution in [1.82, 2.24) is 4.98 Å². The lowest BCUT2D eigenvalue weighted by atomic mass is 10.0. The molecular weight excluding hydrogens is 512 g/mol. The minimum atomic E-state index is -0.964. The fourth-order valence-electron chi connectivity index (χ4n) is 4.27. The molecule has 38 heavy (non-hydrogen) atoms. The number of nitrogens with one attached hydrogen (secondary N) is 1. The molecule has 5 aromatic rings. The van der Waals surface area contributed by atoms with Crippen LogP contribution >= 0.6 is 11.6 Å². The summed E-state index contributed by atoms with van der Waals surface area (Å²) in [6.45, 7) is 1.72. The molecule has 0 bridgehead atoms. The van der Waals surface area contributed by atoms with E-state index in [4.69, 9.17) is 29.6 Å². The molecule has 1 aliphatic rings. The number of aliphatic carboxylic acids is 1.